The van der Waals surface area contributed by atoms with Crippen LogP contribution in [0.5, 0.6) is 0 Å². The molecule has 208 valence electrons. The van der Waals surface area contributed by atoms with E-state index in [-0.39, 0.29) is 29.0 Å². The van der Waals surface area contributed by atoms with Crippen molar-refractivity contribution >= 4 is 46.6 Å². The Bertz CT molecular complexity index is 1730. The molecule has 4 aromatic rings. The highest BCUT2D eigenvalue weighted by atomic mass is 35.5. The highest BCUT2D eigenvalue weighted by Crippen LogP contribution is 2.61. The van der Waals surface area contributed by atoms with Gasteiger partial charge in [0.15, 0.2) is 0 Å². The van der Waals surface area contributed by atoms with Crippen molar-refractivity contribution in [3.8, 4) is 0 Å². The van der Waals surface area contributed by atoms with Crippen molar-refractivity contribution in [2.45, 2.75) is 18.4 Å². The lowest BCUT2D eigenvalue weighted by Gasteiger charge is -2.45. The van der Waals surface area contributed by atoms with Crippen LogP contribution < -0.4 is 0 Å². The molecule has 0 aromatic heterocycles. The first-order chi connectivity index (χ1) is 20.3. The number of hydrogen-bond donors (Lipinski definition) is 0. The molecule has 2 atom stereocenters. The highest BCUT2D eigenvalue weighted by Gasteiger charge is 2.63. The van der Waals surface area contributed by atoms with Crippen LogP contribution in [0.25, 0.3) is 0 Å². The van der Waals surface area contributed by atoms with Crippen LogP contribution in [-0.4, -0.2) is 32.7 Å². The van der Waals surface area contributed by atoms with Crippen LogP contribution in [0.15, 0.2) is 91.0 Å². The van der Waals surface area contributed by atoms with E-state index in [1.165, 1.54) is 30.3 Å². The molecule has 10 heteroatoms. The number of hydrazine groups is 1. The van der Waals surface area contributed by atoms with Crippen LogP contribution in [-0.2, 0) is 16.1 Å². The number of nitro groups is 1. The number of nitrogens with zero attached hydrogens (tertiary/aromatic N) is 3. The van der Waals surface area contributed by atoms with Crippen LogP contribution in [0.2, 0.25) is 10.0 Å². The van der Waals surface area contributed by atoms with Crippen molar-refractivity contribution in [2.24, 2.45) is 11.8 Å². The molecule has 0 N–H and O–H groups in total. The molecule has 8 rings (SSSR count). The number of imide groups is 1. The normalized spacial score (nSPS) is 21.5. The molecule has 3 aliphatic carbocycles. The Kier molecular flexibility index (Phi) is 6.15. The van der Waals surface area contributed by atoms with Gasteiger partial charge in [0.2, 0.25) is 0 Å². The standard InChI is InChI=1S/C32H21Cl2N3O5/c33-23-14-13-17(15-24(23)34)16-35(30(38)22-11-5-6-12-25(22)37(41)42)36-31(39)28-26-18-7-1-2-8-19(18)27(29(28)32(36)40)21-10-4-3-9-20(21)26/h1-15,26-29H,16H2/t26?,27?,28-,29-/m1/s1. The zero-order valence-corrected chi connectivity index (χ0v) is 23.3. The average Bonchev–Trinajstić information content (AvgIpc) is 3.27. The summed E-state index contributed by atoms with van der Waals surface area (Å²) in [6.45, 7) is -0.242. The van der Waals surface area contributed by atoms with Crippen LogP contribution >= 0.6 is 23.2 Å². The van der Waals surface area contributed by atoms with E-state index in [0.29, 0.717) is 10.6 Å². The fraction of sp³-hybridized carbons (Fsp3) is 0.156. The SMILES string of the molecule is O=C(c1ccccc1[N+](=O)[O-])N(Cc1ccc(Cl)c(Cl)c1)N1C(=O)[C@@H]2C3c4ccccc4C(c4ccccc43)[C@H]2C1=O. The maximum absolute atomic E-state index is 14.4. The number of para-hydroxylation sites is 1. The number of carbonyl (C=O) groups is 3. The third kappa shape index (κ3) is 3.79. The zero-order chi connectivity index (χ0) is 29.3. The van der Waals surface area contributed by atoms with Crippen LogP contribution in [0, 0.1) is 22.0 Å². The summed E-state index contributed by atoms with van der Waals surface area (Å²) in [5.74, 6) is -4.10. The quantitative estimate of drug-likeness (QED) is 0.151. The van der Waals surface area contributed by atoms with Gasteiger partial charge in [0.25, 0.3) is 23.4 Å². The summed E-state index contributed by atoms with van der Waals surface area (Å²) in [6, 6.07) is 25.8. The molecule has 1 saturated heterocycles. The fourth-order valence-corrected chi connectivity index (χ4v) is 7.22. The van der Waals surface area contributed by atoms with Gasteiger partial charge in [0, 0.05) is 17.9 Å². The van der Waals surface area contributed by atoms with E-state index >= 15 is 0 Å². The molecule has 0 radical (unpaired) electrons. The molecule has 1 heterocycles. The molecular formula is C32H21Cl2N3O5. The van der Waals surface area contributed by atoms with E-state index in [1.54, 1.807) is 12.1 Å². The van der Waals surface area contributed by atoms with Gasteiger partial charge in [-0.25, -0.2) is 5.01 Å². The minimum atomic E-state index is -0.851. The van der Waals surface area contributed by atoms with Gasteiger partial charge in [0.05, 0.1) is 33.3 Å². The first-order valence-electron chi connectivity index (χ1n) is 13.3. The molecule has 0 unspecified atom stereocenters. The Balaban J connectivity index is 1.37. The molecular weight excluding hydrogens is 577 g/mol. The minimum Gasteiger partial charge on any atom is -0.272 e. The van der Waals surface area contributed by atoms with Gasteiger partial charge in [0.1, 0.15) is 5.56 Å². The number of benzene rings is 4. The number of amides is 3. The maximum Gasteiger partial charge on any atom is 0.282 e. The molecule has 0 saturated carbocycles. The van der Waals surface area contributed by atoms with Crippen molar-refractivity contribution in [2.75, 3.05) is 0 Å². The van der Waals surface area contributed by atoms with Crippen molar-refractivity contribution in [3.63, 3.8) is 0 Å². The van der Waals surface area contributed by atoms with Gasteiger partial charge in [-0.2, -0.15) is 5.01 Å². The first kappa shape index (κ1) is 26.4. The number of carbonyl (C=O) groups excluding carboxylic acids is 3. The summed E-state index contributed by atoms with van der Waals surface area (Å²) in [6.07, 6.45) is 0. The third-order valence-corrected chi connectivity index (χ3v) is 9.29. The second-order valence-corrected chi connectivity index (χ2v) is 11.5. The Morgan fingerprint density at radius 3 is 1.76 bits per heavy atom. The van der Waals surface area contributed by atoms with E-state index in [9.17, 15) is 24.5 Å². The lowest BCUT2D eigenvalue weighted by atomic mass is 9.55. The first-order valence-corrected chi connectivity index (χ1v) is 14.1. The van der Waals surface area contributed by atoms with E-state index in [4.69, 9.17) is 23.2 Å². The summed E-state index contributed by atoms with van der Waals surface area (Å²) in [7, 11) is 0. The smallest absolute Gasteiger partial charge is 0.272 e. The van der Waals surface area contributed by atoms with Gasteiger partial charge < -0.3 is 0 Å². The summed E-state index contributed by atoms with van der Waals surface area (Å²) in [5.41, 5.74) is 3.78. The molecule has 2 bridgehead atoms. The largest absolute Gasteiger partial charge is 0.282 e. The summed E-state index contributed by atoms with van der Waals surface area (Å²) in [5, 5.41) is 14.3. The highest BCUT2D eigenvalue weighted by molar-refractivity contribution is 6.42. The van der Waals surface area contributed by atoms with E-state index in [0.717, 1.165) is 32.3 Å². The number of hydrogen-bond acceptors (Lipinski definition) is 5. The third-order valence-electron chi connectivity index (χ3n) is 8.55. The minimum absolute atomic E-state index is 0.226. The molecule has 1 aliphatic heterocycles. The molecule has 3 amide bonds. The number of halogens is 2. The van der Waals surface area contributed by atoms with Gasteiger partial charge >= 0.3 is 0 Å². The Morgan fingerprint density at radius 1 is 0.762 bits per heavy atom. The second-order valence-electron chi connectivity index (χ2n) is 10.6. The van der Waals surface area contributed by atoms with E-state index < -0.39 is 40.2 Å². The summed E-state index contributed by atoms with van der Waals surface area (Å²) < 4.78 is 0. The topological polar surface area (TPSA) is 101 Å². The van der Waals surface area contributed by atoms with Crippen molar-refractivity contribution in [3.05, 3.63) is 145 Å². The molecule has 42 heavy (non-hydrogen) atoms. The predicted molar refractivity (Wildman–Crippen MR) is 155 cm³/mol. The Morgan fingerprint density at radius 2 is 1.26 bits per heavy atom. The van der Waals surface area contributed by atoms with Crippen molar-refractivity contribution in [1.82, 2.24) is 10.0 Å². The van der Waals surface area contributed by atoms with Crippen LogP contribution in [0.1, 0.15) is 50.0 Å². The number of rotatable bonds is 5. The zero-order valence-electron chi connectivity index (χ0n) is 21.8. The Labute approximate surface area is 250 Å². The molecule has 4 aromatic carbocycles. The molecule has 4 aliphatic rings. The van der Waals surface area contributed by atoms with Crippen molar-refractivity contribution < 1.29 is 19.3 Å². The van der Waals surface area contributed by atoms with Crippen molar-refractivity contribution in [1.29, 1.82) is 0 Å². The van der Waals surface area contributed by atoms with Gasteiger partial charge in [-0.1, -0.05) is 89.9 Å². The monoisotopic (exact) mass is 597 g/mol. The van der Waals surface area contributed by atoms with Gasteiger partial charge in [-0.15, -0.1) is 0 Å². The van der Waals surface area contributed by atoms with E-state index in [1.807, 2.05) is 48.5 Å². The van der Waals surface area contributed by atoms with Crippen LogP contribution in [0.3, 0.4) is 0 Å². The summed E-state index contributed by atoms with van der Waals surface area (Å²) in [4.78, 5) is 54.1. The number of nitro benzene ring substituents is 1. The van der Waals surface area contributed by atoms with Gasteiger partial charge in [-0.05, 0) is 46.0 Å². The fourth-order valence-electron chi connectivity index (χ4n) is 6.90. The molecule has 0 spiro atoms. The maximum atomic E-state index is 14.4. The van der Waals surface area contributed by atoms with Gasteiger partial charge in [-0.3, -0.25) is 24.5 Å². The lowest BCUT2D eigenvalue weighted by molar-refractivity contribution is -0.385. The van der Waals surface area contributed by atoms with E-state index in [2.05, 4.69) is 0 Å². The molecule has 1 fully saturated rings. The second kappa shape index (κ2) is 9.79. The average molecular weight is 598 g/mol. The Hall–Kier alpha value is -4.53. The lowest BCUT2D eigenvalue weighted by Crippen LogP contribution is -2.50. The molecule has 8 nitrogen and oxygen atoms in total. The summed E-state index contributed by atoms with van der Waals surface area (Å²) >= 11 is 12.4. The van der Waals surface area contributed by atoms with Crippen LogP contribution in [0.4, 0.5) is 5.69 Å². The predicted octanol–water partition coefficient (Wildman–Crippen LogP) is 6.35.